The molecule has 4 heteroatoms. The molecule has 3 aromatic rings. The smallest absolute Gasteiger partial charge is 0.188 e. The number of thiazole rings is 1. The molecule has 0 atom stereocenters. The summed E-state index contributed by atoms with van der Waals surface area (Å²) in [6.45, 7) is 4.14. The van der Waals surface area contributed by atoms with Crippen molar-refractivity contribution in [3.05, 3.63) is 47.8 Å². The fourth-order valence-corrected chi connectivity index (χ4v) is 2.81. The van der Waals surface area contributed by atoms with E-state index in [1.807, 2.05) is 12.3 Å². The van der Waals surface area contributed by atoms with Crippen molar-refractivity contribution in [2.24, 2.45) is 0 Å². The van der Waals surface area contributed by atoms with Crippen molar-refractivity contribution in [3.63, 3.8) is 0 Å². The van der Waals surface area contributed by atoms with E-state index in [0.717, 1.165) is 16.3 Å². The minimum atomic E-state index is 0.912. The second-order valence-electron chi connectivity index (χ2n) is 4.26. The van der Waals surface area contributed by atoms with E-state index in [1.54, 1.807) is 17.5 Å². The lowest BCUT2D eigenvalue weighted by Crippen LogP contribution is -1.92. The third-order valence-corrected chi connectivity index (χ3v) is 3.84. The van der Waals surface area contributed by atoms with E-state index >= 15 is 0 Å². The first-order valence-corrected chi connectivity index (χ1v) is 6.59. The second kappa shape index (κ2) is 4.38. The molecule has 0 aliphatic carbocycles. The number of hydrogen-bond acceptors (Lipinski definition) is 4. The van der Waals surface area contributed by atoms with Crippen LogP contribution >= 0.6 is 11.3 Å². The topological polar surface area (TPSA) is 37.8 Å². The Kier molecular flexibility index (Phi) is 2.72. The van der Waals surface area contributed by atoms with Crippen molar-refractivity contribution in [1.29, 1.82) is 0 Å². The molecule has 0 bridgehead atoms. The summed E-state index contributed by atoms with van der Waals surface area (Å²) in [5, 5.41) is 4.25. The fraction of sp³-hybridized carbons (Fsp3) is 0.143. The molecule has 1 aromatic carbocycles. The zero-order chi connectivity index (χ0) is 12.5. The normalized spacial score (nSPS) is 10.8. The summed E-state index contributed by atoms with van der Waals surface area (Å²) < 4.78 is 1.21. The maximum atomic E-state index is 4.63. The largest absolute Gasteiger partial charge is 0.330 e. The van der Waals surface area contributed by atoms with Gasteiger partial charge < -0.3 is 5.32 Å². The highest BCUT2D eigenvalue weighted by atomic mass is 32.1. The molecule has 0 amide bonds. The molecule has 0 aliphatic heterocycles. The fourth-order valence-electron chi connectivity index (χ4n) is 1.85. The average Bonchev–Trinajstić information content (AvgIpc) is 2.76. The van der Waals surface area contributed by atoms with Crippen molar-refractivity contribution in [2.45, 2.75) is 13.8 Å². The summed E-state index contributed by atoms with van der Waals surface area (Å²) in [6, 6.07) is 8.23. The number of aryl methyl sites for hydroxylation is 2. The molecular formula is C14H13N3S. The molecule has 90 valence electrons. The van der Waals surface area contributed by atoms with Crippen LogP contribution in [0.3, 0.4) is 0 Å². The van der Waals surface area contributed by atoms with E-state index in [9.17, 15) is 0 Å². The molecule has 0 unspecified atom stereocenters. The third kappa shape index (κ3) is 1.95. The van der Waals surface area contributed by atoms with Crippen LogP contribution in [0.5, 0.6) is 0 Å². The SMILES string of the molecule is Cc1ccncc1Nc1nc2c(C)cccc2s1. The molecule has 0 fully saturated rings. The van der Waals surface area contributed by atoms with Crippen LogP contribution < -0.4 is 5.32 Å². The highest BCUT2D eigenvalue weighted by molar-refractivity contribution is 7.22. The Labute approximate surface area is 110 Å². The van der Waals surface area contributed by atoms with E-state index in [1.165, 1.54) is 15.8 Å². The quantitative estimate of drug-likeness (QED) is 0.750. The Morgan fingerprint density at radius 3 is 2.78 bits per heavy atom. The van der Waals surface area contributed by atoms with Gasteiger partial charge in [-0.2, -0.15) is 0 Å². The lowest BCUT2D eigenvalue weighted by molar-refractivity contribution is 1.27. The Morgan fingerprint density at radius 2 is 2.00 bits per heavy atom. The molecule has 3 nitrogen and oxygen atoms in total. The Hall–Kier alpha value is -1.94. The monoisotopic (exact) mass is 255 g/mol. The van der Waals surface area contributed by atoms with Gasteiger partial charge in [-0.1, -0.05) is 23.5 Å². The number of anilines is 2. The number of pyridine rings is 1. The lowest BCUT2D eigenvalue weighted by atomic mass is 10.2. The summed E-state index contributed by atoms with van der Waals surface area (Å²) in [6.07, 6.45) is 3.62. The molecule has 0 radical (unpaired) electrons. The molecule has 0 aliphatic rings. The van der Waals surface area contributed by atoms with Gasteiger partial charge in [0.05, 0.1) is 22.1 Å². The van der Waals surface area contributed by atoms with Crippen LogP contribution in [0.1, 0.15) is 11.1 Å². The highest BCUT2D eigenvalue weighted by Gasteiger charge is 2.06. The van der Waals surface area contributed by atoms with Gasteiger partial charge in [0.25, 0.3) is 0 Å². The highest BCUT2D eigenvalue weighted by Crippen LogP contribution is 2.30. The summed E-state index contributed by atoms with van der Waals surface area (Å²) >= 11 is 1.66. The van der Waals surface area contributed by atoms with Crippen molar-refractivity contribution in [3.8, 4) is 0 Å². The van der Waals surface area contributed by atoms with E-state index < -0.39 is 0 Å². The van der Waals surface area contributed by atoms with Gasteiger partial charge in [-0.25, -0.2) is 4.98 Å². The van der Waals surface area contributed by atoms with E-state index in [4.69, 9.17) is 0 Å². The number of nitrogens with one attached hydrogen (secondary N) is 1. The van der Waals surface area contributed by atoms with Crippen LogP contribution in [0.2, 0.25) is 0 Å². The van der Waals surface area contributed by atoms with Crippen molar-refractivity contribution in [2.75, 3.05) is 5.32 Å². The first-order valence-electron chi connectivity index (χ1n) is 5.78. The Morgan fingerprint density at radius 1 is 1.11 bits per heavy atom. The summed E-state index contributed by atoms with van der Waals surface area (Å²) in [5.74, 6) is 0. The maximum Gasteiger partial charge on any atom is 0.188 e. The second-order valence-corrected chi connectivity index (χ2v) is 5.29. The maximum absolute atomic E-state index is 4.63. The van der Waals surface area contributed by atoms with Gasteiger partial charge in [-0.3, -0.25) is 4.98 Å². The standard InChI is InChI=1S/C14H13N3S/c1-9-6-7-15-8-11(9)16-14-17-13-10(2)4-3-5-12(13)18-14/h3-8H,1-2H3,(H,16,17). The number of para-hydroxylation sites is 1. The van der Waals surface area contributed by atoms with Gasteiger partial charge in [0.1, 0.15) is 0 Å². The van der Waals surface area contributed by atoms with E-state index in [0.29, 0.717) is 0 Å². The molecule has 18 heavy (non-hydrogen) atoms. The van der Waals surface area contributed by atoms with E-state index in [-0.39, 0.29) is 0 Å². The third-order valence-electron chi connectivity index (χ3n) is 2.90. The molecule has 2 aromatic heterocycles. The Bertz CT molecular complexity index is 703. The van der Waals surface area contributed by atoms with Crippen LogP contribution in [0.25, 0.3) is 10.2 Å². The molecule has 1 N–H and O–H groups in total. The molecule has 0 spiro atoms. The molecule has 0 saturated carbocycles. The van der Waals surface area contributed by atoms with Crippen LogP contribution in [-0.4, -0.2) is 9.97 Å². The number of aromatic nitrogens is 2. The molecule has 3 rings (SSSR count). The van der Waals surface area contributed by atoms with Crippen molar-refractivity contribution >= 4 is 32.4 Å². The zero-order valence-corrected chi connectivity index (χ0v) is 11.1. The zero-order valence-electron chi connectivity index (χ0n) is 10.3. The van der Waals surface area contributed by atoms with Gasteiger partial charge in [0.2, 0.25) is 0 Å². The van der Waals surface area contributed by atoms with Crippen LogP contribution in [-0.2, 0) is 0 Å². The number of benzene rings is 1. The predicted octanol–water partition coefficient (Wildman–Crippen LogP) is 4.05. The van der Waals surface area contributed by atoms with Crippen molar-refractivity contribution < 1.29 is 0 Å². The number of hydrogen-bond donors (Lipinski definition) is 1. The number of fused-ring (bicyclic) bond motifs is 1. The van der Waals surface area contributed by atoms with Crippen LogP contribution in [0.4, 0.5) is 10.8 Å². The minimum Gasteiger partial charge on any atom is -0.330 e. The van der Waals surface area contributed by atoms with Gasteiger partial charge in [0.15, 0.2) is 5.13 Å². The molecule has 0 saturated heterocycles. The minimum absolute atomic E-state index is 0.912. The average molecular weight is 255 g/mol. The lowest BCUT2D eigenvalue weighted by Gasteiger charge is -2.04. The van der Waals surface area contributed by atoms with Gasteiger partial charge >= 0.3 is 0 Å². The van der Waals surface area contributed by atoms with Crippen molar-refractivity contribution in [1.82, 2.24) is 9.97 Å². The Balaban J connectivity index is 2.01. The van der Waals surface area contributed by atoms with Gasteiger partial charge in [0, 0.05) is 6.20 Å². The van der Waals surface area contributed by atoms with Crippen LogP contribution in [0.15, 0.2) is 36.7 Å². The van der Waals surface area contributed by atoms with Gasteiger partial charge in [-0.15, -0.1) is 0 Å². The molecular weight excluding hydrogens is 242 g/mol. The first-order chi connectivity index (χ1) is 8.74. The summed E-state index contributed by atoms with van der Waals surface area (Å²) in [7, 11) is 0. The number of nitrogens with zero attached hydrogens (tertiary/aromatic N) is 2. The predicted molar refractivity (Wildman–Crippen MR) is 76.6 cm³/mol. The first kappa shape index (κ1) is 11.2. The van der Waals surface area contributed by atoms with Gasteiger partial charge in [-0.05, 0) is 37.1 Å². The summed E-state index contributed by atoms with van der Waals surface area (Å²) in [4.78, 5) is 8.76. The molecule has 2 heterocycles. The van der Waals surface area contributed by atoms with Crippen LogP contribution in [0, 0.1) is 13.8 Å². The summed E-state index contributed by atoms with van der Waals surface area (Å²) in [5.41, 5.74) is 4.46. The van der Waals surface area contributed by atoms with E-state index in [2.05, 4.69) is 47.3 Å². The number of rotatable bonds is 2.